The molecular formula is C12H16N2O3S. The number of amides is 2. The number of rotatable bonds is 3. The molecule has 1 aromatic rings. The standard InChI is InChI=1S/C12H16N2O3S/c15-11(16)9-6-7-18-10(9)14-12(17)13-8-4-2-1-3-5-8/h6-8H,1-5H2,(H,15,16)(H2,13,14,17). The molecule has 0 spiro atoms. The Bertz CT molecular complexity index is 438. The number of carboxylic acid groups (broad SMARTS) is 1. The van der Waals surface area contributed by atoms with E-state index in [1.165, 1.54) is 23.8 Å². The van der Waals surface area contributed by atoms with Gasteiger partial charge in [0.05, 0.1) is 5.56 Å². The topological polar surface area (TPSA) is 78.4 Å². The average Bonchev–Trinajstić information content (AvgIpc) is 2.78. The molecule has 1 heterocycles. The van der Waals surface area contributed by atoms with E-state index in [0.29, 0.717) is 5.00 Å². The van der Waals surface area contributed by atoms with Crippen molar-refractivity contribution in [3.05, 3.63) is 17.0 Å². The van der Waals surface area contributed by atoms with E-state index in [2.05, 4.69) is 10.6 Å². The molecule has 1 aromatic heterocycles. The Balaban J connectivity index is 1.90. The average molecular weight is 268 g/mol. The van der Waals surface area contributed by atoms with Gasteiger partial charge in [-0.2, -0.15) is 0 Å². The molecule has 0 aromatic carbocycles. The van der Waals surface area contributed by atoms with E-state index < -0.39 is 5.97 Å². The first-order valence-electron chi connectivity index (χ1n) is 6.05. The van der Waals surface area contributed by atoms with Crippen LogP contribution in [0, 0.1) is 0 Å². The molecule has 0 atom stereocenters. The minimum Gasteiger partial charge on any atom is -0.478 e. The predicted octanol–water partition coefficient (Wildman–Crippen LogP) is 2.90. The summed E-state index contributed by atoms with van der Waals surface area (Å²) in [6, 6.07) is 1.39. The fourth-order valence-corrected chi connectivity index (χ4v) is 2.92. The third kappa shape index (κ3) is 3.22. The molecule has 0 bridgehead atoms. The largest absolute Gasteiger partial charge is 0.478 e. The quantitative estimate of drug-likeness (QED) is 0.788. The van der Waals surface area contributed by atoms with Crippen LogP contribution in [0.4, 0.5) is 9.80 Å². The number of nitrogens with one attached hydrogen (secondary N) is 2. The van der Waals surface area contributed by atoms with Crippen LogP contribution >= 0.6 is 11.3 Å². The van der Waals surface area contributed by atoms with E-state index in [1.54, 1.807) is 5.38 Å². The monoisotopic (exact) mass is 268 g/mol. The molecule has 2 rings (SSSR count). The van der Waals surface area contributed by atoms with Gasteiger partial charge in [-0.25, -0.2) is 9.59 Å². The summed E-state index contributed by atoms with van der Waals surface area (Å²) in [6.45, 7) is 0. The number of aromatic carboxylic acids is 1. The van der Waals surface area contributed by atoms with Crippen LogP contribution in [-0.2, 0) is 0 Å². The summed E-state index contributed by atoms with van der Waals surface area (Å²) in [5.74, 6) is -1.02. The molecule has 0 saturated heterocycles. The van der Waals surface area contributed by atoms with Crippen LogP contribution in [-0.4, -0.2) is 23.1 Å². The summed E-state index contributed by atoms with van der Waals surface area (Å²) in [7, 11) is 0. The van der Waals surface area contributed by atoms with Gasteiger partial charge >= 0.3 is 12.0 Å². The van der Waals surface area contributed by atoms with Gasteiger partial charge < -0.3 is 10.4 Å². The van der Waals surface area contributed by atoms with Gasteiger partial charge in [0, 0.05) is 6.04 Å². The molecule has 5 nitrogen and oxygen atoms in total. The number of carbonyl (C=O) groups excluding carboxylic acids is 1. The first-order chi connectivity index (χ1) is 8.66. The zero-order valence-corrected chi connectivity index (χ0v) is 10.8. The van der Waals surface area contributed by atoms with Gasteiger partial charge in [0.25, 0.3) is 0 Å². The molecule has 1 saturated carbocycles. The van der Waals surface area contributed by atoms with Crippen molar-refractivity contribution >= 4 is 28.3 Å². The van der Waals surface area contributed by atoms with Crippen molar-refractivity contribution in [2.24, 2.45) is 0 Å². The number of carboxylic acids is 1. The molecule has 0 aliphatic heterocycles. The lowest BCUT2D eigenvalue weighted by molar-refractivity contribution is 0.0698. The van der Waals surface area contributed by atoms with Crippen molar-refractivity contribution in [2.45, 2.75) is 38.1 Å². The number of urea groups is 1. The highest BCUT2D eigenvalue weighted by molar-refractivity contribution is 7.14. The van der Waals surface area contributed by atoms with Crippen molar-refractivity contribution in [1.29, 1.82) is 0 Å². The summed E-state index contributed by atoms with van der Waals surface area (Å²) in [6.07, 6.45) is 5.52. The zero-order valence-electron chi connectivity index (χ0n) is 9.94. The van der Waals surface area contributed by atoms with Crippen LogP contribution in [0.15, 0.2) is 11.4 Å². The second-order valence-electron chi connectivity index (χ2n) is 4.40. The number of hydrogen-bond acceptors (Lipinski definition) is 3. The molecule has 2 amide bonds. The van der Waals surface area contributed by atoms with Crippen molar-refractivity contribution in [1.82, 2.24) is 5.32 Å². The van der Waals surface area contributed by atoms with E-state index in [0.717, 1.165) is 25.7 Å². The van der Waals surface area contributed by atoms with Crippen molar-refractivity contribution < 1.29 is 14.7 Å². The number of carbonyl (C=O) groups is 2. The Kier molecular flexibility index (Phi) is 4.19. The van der Waals surface area contributed by atoms with E-state index in [1.807, 2.05) is 0 Å². The molecule has 6 heteroatoms. The van der Waals surface area contributed by atoms with Crippen molar-refractivity contribution in [3.63, 3.8) is 0 Å². The highest BCUT2D eigenvalue weighted by Gasteiger charge is 2.18. The molecule has 0 unspecified atom stereocenters. The Labute approximate surface area is 109 Å². The van der Waals surface area contributed by atoms with Gasteiger partial charge in [0.15, 0.2) is 0 Å². The van der Waals surface area contributed by atoms with Gasteiger partial charge in [-0.3, -0.25) is 5.32 Å². The maximum absolute atomic E-state index is 11.7. The number of hydrogen-bond donors (Lipinski definition) is 3. The summed E-state index contributed by atoms with van der Waals surface area (Å²) in [4.78, 5) is 22.6. The summed E-state index contributed by atoms with van der Waals surface area (Å²) < 4.78 is 0. The minimum atomic E-state index is -1.02. The lowest BCUT2D eigenvalue weighted by Crippen LogP contribution is -2.39. The molecule has 18 heavy (non-hydrogen) atoms. The SMILES string of the molecule is O=C(Nc1sccc1C(=O)O)NC1CCCCC1. The van der Waals surface area contributed by atoms with Crippen molar-refractivity contribution in [3.8, 4) is 0 Å². The van der Waals surface area contributed by atoms with Gasteiger partial charge in [-0.1, -0.05) is 19.3 Å². The fraction of sp³-hybridized carbons (Fsp3) is 0.500. The Hall–Kier alpha value is -1.56. The van der Waals surface area contributed by atoms with E-state index in [9.17, 15) is 9.59 Å². The van der Waals surface area contributed by atoms with Gasteiger partial charge in [-0.05, 0) is 24.3 Å². The first-order valence-corrected chi connectivity index (χ1v) is 6.93. The van der Waals surface area contributed by atoms with Crippen LogP contribution in [0.1, 0.15) is 42.5 Å². The second-order valence-corrected chi connectivity index (χ2v) is 5.32. The molecule has 1 fully saturated rings. The third-order valence-corrected chi connectivity index (χ3v) is 3.89. The zero-order chi connectivity index (χ0) is 13.0. The fourth-order valence-electron chi connectivity index (χ4n) is 2.15. The highest BCUT2D eigenvalue weighted by Crippen LogP contribution is 2.23. The van der Waals surface area contributed by atoms with Gasteiger partial charge in [0.1, 0.15) is 5.00 Å². The lowest BCUT2D eigenvalue weighted by Gasteiger charge is -2.22. The second kappa shape index (κ2) is 5.86. The van der Waals surface area contributed by atoms with E-state index in [4.69, 9.17) is 5.11 Å². The summed E-state index contributed by atoms with van der Waals surface area (Å²) in [5, 5.41) is 16.5. The summed E-state index contributed by atoms with van der Waals surface area (Å²) >= 11 is 1.22. The Morgan fingerprint density at radius 1 is 1.28 bits per heavy atom. The maximum Gasteiger partial charge on any atom is 0.338 e. The van der Waals surface area contributed by atoms with Crippen LogP contribution in [0.3, 0.4) is 0 Å². The molecule has 98 valence electrons. The van der Waals surface area contributed by atoms with Crippen LogP contribution in [0.5, 0.6) is 0 Å². The summed E-state index contributed by atoms with van der Waals surface area (Å²) in [5.41, 5.74) is 0.138. The molecule has 1 aliphatic rings. The lowest BCUT2D eigenvalue weighted by atomic mass is 9.96. The van der Waals surface area contributed by atoms with Gasteiger partial charge in [-0.15, -0.1) is 11.3 Å². The van der Waals surface area contributed by atoms with E-state index >= 15 is 0 Å². The van der Waals surface area contributed by atoms with Crippen molar-refractivity contribution in [2.75, 3.05) is 5.32 Å². The molecule has 1 aliphatic carbocycles. The molecule has 3 N–H and O–H groups in total. The number of thiophene rings is 1. The molecule has 0 radical (unpaired) electrons. The Morgan fingerprint density at radius 3 is 2.67 bits per heavy atom. The van der Waals surface area contributed by atoms with Crippen LogP contribution < -0.4 is 10.6 Å². The normalized spacial score (nSPS) is 16.2. The van der Waals surface area contributed by atoms with E-state index in [-0.39, 0.29) is 17.6 Å². The first kappa shape index (κ1) is 12.9. The predicted molar refractivity (Wildman–Crippen MR) is 70.3 cm³/mol. The maximum atomic E-state index is 11.7. The number of anilines is 1. The highest BCUT2D eigenvalue weighted by atomic mass is 32.1. The van der Waals surface area contributed by atoms with Gasteiger partial charge in [0.2, 0.25) is 0 Å². The van der Waals surface area contributed by atoms with Crippen LogP contribution in [0.25, 0.3) is 0 Å². The van der Waals surface area contributed by atoms with Crippen LogP contribution in [0.2, 0.25) is 0 Å². The third-order valence-electron chi connectivity index (χ3n) is 3.06. The Morgan fingerprint density at radius 2 is 2.00 bits per heavy atom. The smallest absolute Gasteiger partial charge is 0.338 e. The molecular weight excluding hydrogens is 252 g/mol. The minimum absolute atomic E-state index is 0.138.